The van der Waals surface area contributed by atoms with Crippen molar-refractivity contribution in [3.05, 3.63) is 472 Å². The number of benzene rings is 18. The fraction of sp³-hybridized carbons (Fsp3) is 0.0270. The van der Waals surface area contributed by atoms with Gasteiger partial charge in [-0.2, -0.15) is 0 Å². The van der Waals surface area contributed by atoms with Crippen molar-refractivity contribution in [3.8, 4) is 16.4 Å². The van der Waals surface area contributed by atoms with E-state index in [0.717, 1.165) is 50.7 Å². The number of fused-ring (bicyclic) bond motifs is 13. The van der Waals surface area contributed by atoms with Gasteiger partial charge < -0.3 is 15.0 Å². The quantitative estimate of drug-likeness (QED) is 0.167. The number of thiophene rings is 1. The minimum absolute atomic E-state index is 0.0285. The fourth-order valence-electron chi connectivity index (χ4n) is 16.1. The zero-order valence-corrected chi connectivity index (χ0v) is 75.9. The lowest BCUT2D eigenvalue weighted by atomic mass is 10.2. The summed E-state index contributed by atoms with van der Waals surface area (Å²) in [6.07, 6.45) is 0. The Hall–Kier alpha value is -12.7. The maximum Gasteiger partial charge on any atom is 0.216 e. The number of ether oxygens (including phenoxy) is 1. The number of hydrogen-bond acceptors (Lipinski definition) is 6. The minimum Gasteiger partial charge on any atom is -0.447 e. The van der Waals surface area contributed by atoms with Gasteiger partial charge >= 0.3 is 0 Å². The molecule has 5 aliphatic rings. The monoisotopic (exact) mass is 1800 g/mol. The molecule has 0 radical (unpaired) electrons. The Balaban J connectivity index is 0.0000000994. The van der Waals surface area contributed by atoms with Crippen molar-refractivity contribution in [2.24, 2.45) is 0 Å². The summed E-state index contributed by atoms with van der Waals surface area (Å²) in [6.45, 7) is 4.28. The Labute approximate surface area is 760 Å². The minimum atomic E-state index is -3.44. The first-order valence-electron chi connectivity index (χ1n) is 41.5. The van der Waals surface area contributed by atoms with Gasteiger partial charge in [-0.3, -0.25) is 0 Å². The summed E-state index contributed by atoms with van der Waals surface area (Å²) in [4.78, 5) is 24.5. The van der Waals surface area contributed by atoms with Gasteiger partial charge in [0.1, 0.15) is 75.9 Å². The number of rotatable bonds is 6. The van der Waals surface area contributed by atoms with Crippen LogP contribution in [0.1, 0.15) is 11.1 Å². The molecule has 0 unspecified atom stereocenters. The van der Waals surface area contributed by atoms with Crippen LogP contribution in [0.4, 0.5) is 31.5 Å². The molecule has 16 heteroatoms. The normalized spacial score (nSPS) is 14.5. The maximum atomic E-state index is 13.2. The highest BCUT2D eigenvalue weighted by molar-refractivity contribution is 8.01. The van der Waals surface area contributed by atoms with Crippen LogP contribution in [0.25, 0.3) is 25.1 Å². The number of nitrogens with one attached hydrogen (secondary N) is 1. The lowest BCUT2D eigenvalue weighted by molar-refractivity contribution is 0.453. The molecular formula is C111H84F2N2O4S8+6. The van der Waals surface area contributed by atoms with Crippen molar-refractivity contribution in [1.29, 1.82) is 0 Å². The van der Waals surface area contributed by atoms with E-state index in [-0.39, 0.29) is 76.6 Å². The van der Waals surface area contributed by atoms with Gasteiger partial charge in [-0.15, -0.1) is 0 Å². The highest BCUT2D eigenvalue weighted by atomic mass is 32.2. The van der Waals surface area contributed by atoms with Gasteiger partial charge in [0.25, 0.3) is 0 Å². The molecular weight excluding hydrogens is 1720 g/mol. The molecule has 0 saturated carbocycles. The first-order valence-corrected chi connectivity index (χ1v) is 51.4. The largest absolute Gasteiger partial charge is 0.447 e. The number of nitrogens with zero attached hydrogens (tertiary/aromatic N) is 1. The van der Waals surface area contributed by atoms with E-state index in [9.17, 15) is 21.4 Å². The lowest BCUT2D eigenvalue weighted by Gasteiger charge is -2.28. The molecule has 0 saturated heterocycles. The van der Waals surface area contributed by atoms with Gasteiger partial charge in [0.15, 0.2) is 89.4 Å². The summed E-state index contributed by atoms with van der Waals surface area (Å²) in [6, 6.07) is 151. The van der Waals surface area contributed by atoms with Crippen molar-refractivity contribution in [1.82, 2.24) is 0 Å². The third-order valence-corrected chi connectivity index (χ3v) is 39.9. The molecule has 127 heavy (non-hydrogen) atoms. The van der Waals surface area contributed by atoms with Crippen molar-refractivity contribution in [3.63, 3.8) is 0 Å². The molecule has 1 N–H and O–H groups in total. The van der Waals surface area contributed by atoms with E-state index in [4.69, 9.17) is 4.74 Å². The maximum absolute atomic E-state index is 13.2. The molecule has 0 atom stereocenters. The van der Waals surface area contributed by atoms with Crippen LogP contribution in [0.3, 0.4) is 0 Å². The molecule has 0 fully saturated rings. The van der Waals surface area contributed by atoms with Crippen molar-refractivity contribution in [2.45, 2.75) is 107 Å². The molecule has 0 aliphatic carbocycles. The van der Waals surface area contributed by atoms with Gasteiger partial charge in [0.2, 0.25) is 19.6 Å². The number of para-hydroxylation sites is 6. The van der Waals surface area contributed by atoms with Gasteiger partial charge in [-0.1, -0.05) is 217 Å². The molecule has 6 nitrogen and oxygen atoms in total. The number of halogens is 2. The van der Waals surface area contributed by atoms with Crippen LogP contribution in [0.5, 0.6) is 11.5 Å². The van der Waals surface area contributed by atoms with E-state index in [1.165, 1.54) is 115 Å². The SMILES string of the molecule is Cc1ccc([S+]2c3ccccc3N(C)c3ccccc32)cc1.Cc1ccc([S+]2c3ccccc3Nc3ccccc32)cc1.Fc1ccc(-[s+]2c3ccccc3c3ccccc32)cc1.Fc1ccc([S+]2c3ccccc3Oc3ccccc32)cc1.O=S1(=O)c2ccccc2[S+](c2ccccc2)c2ccccc21.O=S1c2ccccc2[S+](c2ccccc2)c2ccccc21. The number of hydrogen-bond donors (Lipinski definition) is 1. The fourth-order valence-corrected chi connectivity index (χ4v) is 34.4. The van der Waals surface area contributed by atoms with E-state index >= 15 is 0 Å². The molecule has 0 bridgehead atoms. The van der Waals surface area contributed by atoms with Crippen LogP contribution in [0.2, 0.25) is 0 Å². The summed E-state index contributed by atoms with van der Waals surface area (Å²) in [5, 5.41) is 6.16. The summed E-state index contributed by atoms with van der Waals surface area (Å²) in [7, 11) is -3.34. The first-order chi connectivity index (χ1) is 62.3. The number of aryl methyl sites for hydroxylation is 2. The topological polar surface area (TPSA) is 75.7 Å². The summed E-state index contributed by atoms with van der Waals surface area (Å²) in [5.74, 6) is 1.36. The van der Waals surface area contributed by atoms with E-state index in [1.54, 1.807) is 36.4 Å². The first kappa shape index (κ1) is 83.8. The third kappa shape index (κ3) is 17.0. The number of sulfone groups is 1. The average Bonchev–Trinajstić information content (AvgIpc) is 1.33. The summed E-state index contributed by atoms with van der Waals surface area (Å²) in [5.41, 5.74) is 7.68. The highest BCUT2D eigenvalue weighted by Crippen LogP contribution is 2.53. The third-order valence-electron chi connectivity index (χ3n) is 22.1. The van der Waals surface area contributed by atoms with E-state index < -0.39 is 20.6 Å². The molecule has 19 aromatic rings. The molecule has 5 aliphatic heterocycles. The van der Waals surface area contributed by atoms with Crippen LogP contribution in [0, 0.1) is 25.5 Å². The second-order valence-electron chi connectivity index (χ2n) is 30.2. The zero-order valence-electron chi connectivity index (χ0n) is 69.3. The lowest BCUT2D eigenvalue weighted by Crippen LogP contribution is -2.22. The molecule has 24 rings (SSSR count). The van der Waals surface area contributed by atoms with E-state index in [1.807, 2.05) is 146 Å². The molecule has 618 valence electrons. The van der Waals surface area contributed by atoms with Gasteiger partial charge in [0.05, 0.1) is 43.3 Å². The van der Waals surface area contributed by atoms with E-state index in [2.05, 4.69) is 286 Å². The van der Waals surface area contributed by atoms with Crippen LogP contribution < -0.4 is 15.0 Å². The summed E-state index contributed by atoms with van der Waals surface area (Å²) < 4.78 is 73.6. The summed E-state index contributed by atoms with van der Waals surface area (Å²) >= 11 is 0. The number of anilines is 4. The molecule has 6 heterocycles. The Morgan fingerprint density at radius 2 is 0.575 bits per heavy atom. The Morgan fingerprint density at radius 1 is 0.283 bits per heavy atom. The Morgan fingerprint density at radius 3 is 1.02 bits per heavy atom. The standard InChI is InChI=1S/C20H18NS.C19H16NS.C18H12FOS.C18H12FS.C18H13O2S2.C18H13OS2/c1-15-11-13-16(14-12-15)22-19-9-5-3-7-17(19)21(2)18-8-4-6-10-20(18)22;1-14-10-12-15(13-11-14)21-18-8-4-2-6-16(18)20-17-7-3-5-9-19(17)21;19-13-9-11-14(12-10-13)21-17-7-3-1-5-15(17)20-16-6-2-4-8-18(16)21;19-13-9-11-14(12-10-13)20-17-7-3-1-5-15(17)16-6-2-4-8-18(16)20;19-22(20)17-12-6-4-10-15(17)21(14-8-2-1-3-9-14)16-11-5-7-13-18(16)22;19-21-17-12-6-4-10-15(17)20(14-8-2-1-3-9-14)16-11-5-7-13-18(16)21/h3-14H,1-2H3;2-13,20H,1H3;1-12H;1-12H;1-13H;1-13H/q6*+1. The van der Waals surface area contributed by atoms with Crippen LogP contribution in [-0.4, -0.2) is 19.7 Å². The second-order valence-corrected chi connectivity index (χ2v) is 45.2. The van der Waals surface area contributed by atoms with Crippen LogP contribution in [0.15, 0.2) is 542 Å². The second kappa shape index (κ2) is 37.5. The van der Waals surface area contributed by atoms with Crippen LogP contribution >= 0.6 is 10.5 Å². The Bertz CT molecular complexity index is 6940. The zero-order chi connectivity index (χ0) is 86.5. The Kier molecular flexibility index (Phi) is 24.7. The van der Waals surface area contributed by atoms with Crippen molar-refractivity contribution >= 4 is 129 Å². The van der Waals surface area contributed by atoms with Crippen molar-refractivity contribution < 1.29 is 26.1 Å². The van der Waals surface area contributed by atoms with E-state index in [0.29, 0.717) is 9.79 Å². The predicted octanol–water partition coefficient (Wildman–Crippen LogP) is 29.4. The smallest absolute Gasteiger partial charge is 0.216 e. The predicted molar refractivity (Wildman–Crippen MR) is 524 cm³/mol. The molecule has 0 spiro atoms. The van der Waals surface area contributed by atoms with Gasteiger partial charge in [0, 0.05) is 40.4 Å². The molecule has 1 aromatic heterocycles. The average molecular weight is 1800 g/mol. The van der Waals surface area contributed by atoms with Gasteiger partial charge in [-0.25, -0.2) is 21.4 Å². The molecule has 18 aromatic carbocycles. The highest BCUT2D eigenvalue weighted by Gasteiger charge is 2.47. The van der Waals surface area contributed by atoms with Gasteiger partial charge in [-0.05, 0) is 244 Å². The molecule has 0 amide bonds. The van der Waals surface area contributed by atoms with Crippen LogP contribution in [-0.2, 0) is 75.1 Å². The van der Waals surface area contributed by atoms with Crippen molar-refractivity contribution in [2.75, 3.05) is 17.3 Å².